The predicted molar refractivity (Wildman–Crippen MR) is 74.8 cm³/mol. The summed E-state index contributed by atoms with van der Waals surface area (Å²) in [4.78, 5) is 10.3. The lowest BCUT2D eigenvalue weighted by Gasteiger charge is -2.10. The Balaban J connectivity index is 2.16. The molecule has 0 fully saturated rings. The fourth-order valence-corrected chi connectivity index (χ4v) is 1.72. The molecule has 0 aliphatic carbocycles. The number of non-ortho nitro benzene ring substituents is 1. The summed E-state index contributed by atoms with van der Waals surface area (Å²) in [6.07, 6.45) is 0. The summed E-state index contributed by atoms with van der Waals surface area (Å²) in [6.45, 7) is 0.175. The van der Waals surface area contributed by atoms with Gasteiger partial charge in [0.15, 0.2) is 0 Å². The summed E-state index contributed by atoms with van der Waals surface area (Å²) in [5, 5.41) is 10.8. The zero-order chi connectivity index (χ0) is 14.5. The van der Waals surface area contributed by atoms with E-state index in [1.807, 2.05) is 0 Å². The number of benzene rings is 2. The number of hydrogen-bond acceptors (Lipinski definition) is 5. The van der Waals surface area contributed by atoms with Crippen LogP contribution >= 0.6 is 0 Å². The molecule has 0 aromatic heterocycles. The van der Waals surface area contributed by atoms with E-state index in [4.69, 9.17) is 15.2 Å². The molecule has 0 radical (unpaired) electrons. The van der Waals surface area contributed by atoms with Crippen molar-refractivity contribution in [2.24, 2.45) is 0 Å². The molecule has 2 aromatic carbocycles. The van der Waals surface area contributed by atoms with Crippen LogP contribution in [0.4, 0.5) is 11.4 Å². The Bertz CT molecular complexity index is 611. The highest BCUT2D eigenvalue weighted by Gasteiger charge is 2.11. The number of nitro benzene ring substituents is 1. The van der Waals surface area contributed by atoms with Gasteiger partial charge >= 0.3 is 0 Å². The lowest BCUT2D eigenvalue weighted by atomic mass is 10.2. The van der Waals surface area contributed by atoms with Crippen LogP contribution in [-0.4, -0.2) is 12.0 Å². The van der Waals surface area contributed by atoms with Gasteiger partial charge in [-0.2, -0.15) is 0 Å². The molecule has 0 amide bonds. The first-order valence-corrected chi connectivity index (χ1v) is 5.90. The van der Waals surface area contributed by atoms with Crippen molar-refractivity contribution in [2.45, 2.75) is 6.61 Å². The van der Waals surface area contributed by atoms with Gasteiger partial charge < -0.3 is 15.2 Å². The van der Waals surface area contributed by atoms with Gasteiger partial charge in [0.2, 0.25) is 0 Å². The van der Waals surface area contributed by atoms with Crippen LogP contribution in [0.15, 0.2) is 42.5 Å². The molecule has 2 N–H and O–H groups in total. The summed E-state index contributed by atoms with van der Waals surface area (Å²) in [7, 11) is 1.51. The van der Waals surface area contributed by atoms with Gasteiger partial charge in [-0.15, -0.1) is 0 Å². The van der Waals surface area contributed by atoms with Crippen LogP contribution in [0.1, 0.15) is 5.56 Å². The highest BCUT2D eigenvalue weighted by atomic mass is 16.6. The maximum Gasteiger partial charge on any atom is 0.270 e. The minimum absolute atomic E-state index is 0.00158. The molecule has 2 aromatic rings. The molecule has 0 saturated heterocycles. The molecule has 6 heteroatoms. The van der Waals surface area contributed by atoms with Crippen LogP contribution in [0, 0.1) is 10.1 Å². The molecule has 0 bridgehead atoms. The summed E-state index contributed by atoms with van der Waals surface area (Å²) in [6, 6.07) is 11.3. The lowest BCUT2D eigenvalue weighted by Crippen LogP contribution is -2.00. The van der Waals surface area contributed by atoms with Crippen LogP contribution in [0.3, 0.4) is 0 Å². The zero-order valence-corrected chi connectivity index (χ0v) is 10.9. The van der Waals surface area contributed by atoms with Gasteiger partial charge in [0.05, 0.1) is 12.0 Å². The number of anilines is 1. The van der Waals surface area contributed by atoms with E-state index >= 15 is 0 Å². The average Bonchev–Trinajstić information content (AvgIpc) is 2.46. The van der Waals surface area contributed by atoms with E-state index in [9.17, 15) is 10.1 Å². The summed E-state index contributed by atoms with van der Waals surface area (Å²) in [5.41, 5.74) is 6.84. The molecular formula is C14H14N2O4. The molecular weight excluding hydrogens is 260 g/mol. The van der Waals surface area contributed by atoms with E-state index in [2.05, 4.69) is 0 Å². The van der Waals surface area contributed by atoms with E-state index in [-0.39, 0.29) is 12.3 Å². The molecule has 20 heavy (non-hydrogen) atoms. The highest BCUT2D eigenvalue weighted by molar-refractivity contribution is 5.44. The number of hydrogen-bond donors (Lipinski definition) is 1. The van der Waals surface area contributed by atoms with Crippen LogP contribution in [0.5, 0.6) is 11.5 Å². The fourth-order valence-electron chi connectivity index (χ4n) is 1.72. The number of nitrogen functional groups attached to an aromatic ring is 1. The normalized spacial score (nSPS) is 10.1. The summed E-state index contributed by atoms with van der Waals surface area (Å²) in [5.74, 6) is 1.18. The van der Waals surface area contributed by atoms with Crippen molar-refractivity contribution in [3.63, 3.8) is 0 Å². The maximum absolute atomic E-state index is 10.8. The van der Waals surface area contributed by atoms with Crippen molar-refractivity contribution in [1.82, 2.24) is 0 Å². The maximum atomic E-state index is 10.8. The Labute approximate surface area is 115 Å². The van der Waals surface area contributed by atoms with Crippen molar-refractivity contribution in [3.8, 4) is 11.5 Å². The molecule has 0 aliphatic heterocycles. The Hall–Kier alpha value is -2.76. The van der Waals surface area contributed by atoms with Gasteiger partial charge in [-0.25, -0.2) is 0 Å². The van der Waals surface area contributed by atoms with E-state index in [0.717, 1.165) is 0 Å². The van der Waals surface area contributed by atoms with Gasteiger partial charge in [-0.3, -0.25) is 10.1 Å². The number of nitrogens with two attached hydrogens (primary N) is 1. The molecule has 2 rings (SSSR count). The van der Waals surface area contributed by atoms with Gasteiger partial charge in [-0.05, 0) is 30.3 Å². The van der Waals surface area contributed by atoms with Gasteiger partial charge in [0.1, 0.15) is 18.1 Å². The molecule has 0 heterocycles. The number of rotatable bonds is 5. The van der Waals surface area contributed by atoms with E-state index in [1.165, 1.54) is 19.2 Å². The van der Waals surface area contributed by atoms with Crippen molar-refractivity contribution in [1.29, 1.82) is 0 Å². The van der Waals surface area contributed by atoms with Crippen LogP contribution in [0.2, 0.25) is 0 Å². The Morgan fingerprint density at radius 2 is 1.90 bits per heavy atom. The topological polar surface area (TPSA) is 87.6 Å². The summed E-state index contributed by atoms with van der Waals surface area (Å²) >= 11 is 0. The largest absolute Gasteiger partial charge is 0.496 e. The van der Waals surface area contributed by atoms with Crippen molar-refractivity contribution >= 4 is 11.4 Å². The number of ether oxygens (including phenoxy) is 2. The number of nitrogens with zero attached hydrogens (tertiary/aromatic N) is 1. The molecule has 0 spiro atoms. The minimum atomic E-state index is -0.452. The van der Waals surface area contributed by atoms with E-state index in [1.54, 1.807) is 30.3 Å². The number of methoxy groups -OCH3 is 1. The Morgan fingerprint density at radius 3 is 2.50 bits per heavy atom. The van der Waals surface area contributed by atoms with E-state index < -0.39 is 4.92 Å². The molecule has 0 unspecified atom stereocenters. The molecule has 104 valence electrons. The van der Waals surface area contributed by atoms with Gasteiger partial charge in [-0.1, -0.05) is 0 Å². The molecule has 0 atom stereocenters. The first-order chi connectivity index (χ1) is 9.60. The zero-order valence-electron chi connectivity index (χ0n) is 10.9. The minimum Gasteiger partial charge on any atom is -0.496 e. The quantitative estimate of drug-likeness (QED) is 0.514. The first-order valence-electron chi connectivity index (χ1n) is 5.90. The standard InChI is InChI=1S/C14H14N2O4/c1-19-14-7-4-12(16(17)18)8-10(14)9-20-13-5-2-11(15)3-6-13/h2-8H,9,15H2,1H3. The van der Waals surface area contributed by atoms with Crippen LogP contribution in [0.25, 0.3) is 0 Å². The van der Waals surface area contributed by atoms with Gasteiger partial charge in [0, 0.05) is 23.4 Å². The van der Waals surface area contributed by atoms with Crippen LogP contribution in [-0.2, 0) is 6.61 Å². The second-order valence-corrected chi connectivity index (χ2v) is 4.11. The molecule has 6 nitrogen and oxygen atoms in total. The first kappa shape index (κ1) is 13.7. The predicted octanol–water partition coefficient (Wildman–Crippen LogP) is 2.76. The highest BCUT2D eigenvalue weighted by Crippen LogP contribution is 2.25. The monoisotopic (exact) mass is 274 g/mol. The molecule has 0 aliphatic rings. The SMILES string of the molecule is COc1ccc([N+](=O)[O-])cc1COc1ccc(N)cc1. The fraction of sp³-hybridized carbons (Fsp3) is 0.143. The van der Waals surface area contributed by atoms with Crippen molar-refractivity contribution in [2.75, 3.05) is 12.8 Å². The van der Waals surface area contributed by atoms with Crippen LogP contribution < -0.4 is 15.2 Å². The third-order valence-corrected chi connectivity index (χ3v) is 2.75. The van der Waals surface area contributed by atoms with Crippen molar-refractivity contribution < 1.29 is 14.4 Å². The summed E-state index contributed by atoms with van der Waals surface area (Å²) < 4.78 is 10.7. The second-order valence-electron chi connectivity index (χ2n) is 4.11. The van der Waals surface area contributed by atoms with Crippen molar-refractivity contribution in [3.05, 3.63) is 58.1 Å². The third-order valence-electron chi connectivity index (χ3n) is 2.75. The number of nitro groups is 1. The second kappa shape index (κ2) is 5.92. The average molecular weight is 274 g/mol. The Morgan fingerprint density at radius 1 is 1.20 bits per heavy atom. The molecule has 0 saturated carbocycles. The third kappa shape index (κ3) is 3.17. The Kier molecular flexibility index (Phi) is 4.05. The lowest BCUT2D eigenvalue weighted by molar-refractivity contribution is -0.385. The van der Waals surface area contributed by atoms with E-state index in [0.29, 0.717) is 22.7 Å². The smallest absolute Gasteiger partial charge is 0.270 e. The van der Waals surface area contributed by atoms with Gasteiger partial charge in [0.25, 0.3) is 5.69 Å².